The van der Waals surface area contributed by atoms with Gasteiger partial charge in [-0.15, -0.1) is 0 Å². The number of aromatic nitrogens is 2. The number of aliphatic carboxylic acids is 1. The van der Waals surface area contributed by atoms with E-state index in [0.717, 1.165) is 22.3 Å². The highest BCUT2D eigenvalue weighted by molar-refractivity contribution is 7.98. The molecule has 1 unspecified atom stereocenters. The number of nitrogens with one attached hydrogen (secondary N) is 1. The zero-order valence-electron chi connectivity index (χ0n) is 19.2. The Morgan fingerprint density at radius 3 is 2.11 bits per heavy atom. The number of carboxylic acids is 1. The molecule has 0 saturated heterocycles. The molecule has 0 bridgehead atoms. The Hall–Kier alpha value is -3.97. The molecule has 1 amide bonds. The van der Waals surface area contributed by atoms with Gasteiger partial charge in [0.05, 0.1) is 0 Å². The SMILES string of the molecule is Cc1cc(C(=O)NC(CSCc2ccccc2)C(=O)O)nc(-c2ccc(-c3ccccc3)cc2)n1. The lowest BCUT2D eigenvalue weighted by Gasteiger charge is -2.14. The summed E-state index contributed by atoms with van der Waals surface area (Å²) in [6.45, 7) is 1.78. The third-order valence-corrected chi connectivity index (χ3v) is 6.44. The summed E-state index contributed by atoms with van der Waals surface area (Å²) in [4.78, 5) is 33.5. The molecule has 1 heterocycles. The van der Waals surface area contributed by atoms with Crippen molar-refractivity contribution in [3.8, 4) is 22.5 Å². The van der Waals surface area contributed by atoms with Gasteiger partial charge in [-0.05, 0) is 29.7 Å². The fourth-order valence-electron chi connectivity index (χ4n) is 3.53. The third-order valence-electron chi connectivity index (χ3n) is 5.34. The Bertz CT molecular complexity index is 1300. The predicted molar refractivity (Wildman–Crippen MR) is 139 cm³/mol. The number of rotatable bonds is 9. The van der Waals surface area contributed by atoms with Gasteiger partial charge >= 0.3 is 5.97 Å². The lowest BCUT2D eigenvalue weighted by atomic mass is 10.0. The molecule has 0 aliphatic rings. The zero-order chi connectivity index (χ0) is 24.6. The second kappa shape index (κ2) is 11.4. The fourth-order valence-corrected chi connectivity index (χ4v) is 4.54. The van der Waals surface area contributed by atoms with Crippen LogP contribution in [0.4, 0.5) is 0 Å². The van der Waals surface area contributed by atoms with Gasteiger partial charge in [0.25, 0.3) is 5.91 Å². The molecule has 4 rings (SSSR count). The van der Waals surface area contributed by atoms with E-state index in [0.29, 0.717) is 17.3 Å². The maximum Gasteiger partial charge on any atom is 0.327 e. The van der Waals surface area contributed by atoms with Gasteiger partial charge in [0.15, 0.2) is 5.82 Å². The van der Waals surface area contributed by atoms with Crippen molar-refractivity contribution in [3.05, 3.63) is 108 Å². The summed E-state index contributed by atoms with van der Waals surface area (Å²) < 4.78 is 0. The number of hydrogen-bond acceptors (Lipinski definition) is 5. The second-order valence-corrected chi connectivity index (χ2v) is 9.06. The molecule has 0 aliphatic carbocycles. The Balaban J connectivity index is 1.46. The number of carboxylic acid groups (broad SMARTS) is 1. The molecule has 0 aliphatic heterocycles. The van der Waals surface area contributed by atoms with E-state index in [1.165, 1.54) is 11.8 Å². The molecule has 0 spiro atoms. The Labute approximate surface area is 208 Å². The molecule has 6 nitrogen and oxygen atoms in total. The van der Waals surface area contributed by atoms with Crippen molar-refractivity contribution in [2.75, 3.05) is 5.75 Å². The van der Waals surface area contributed by atoms with Crippen molar-refractivity contribution in [1.82, 2.24) is 15.3 Å². The first-order valence-corrected chi connectivity index (χ1v) is 12.3. The predicted octanol–water partition coefficient (Wildman–Crippen LogP) is 5.24. The molecule has 4 aromatic rings. The van der Waals surface area contributed by atoms with E-state index in [-0.39, 0.29) is 11.4 Å². The highest BCUT2D eigenvalue weighted by Crippen LogP contribution is 2.23. The first-order valence-electron chi connectivity index (χ1n) is 11.2. The average Bonchev–Trinajstić information content (AvgIpc) is 2.89. The molecule has 0 fully saturated rings. The Morgan fingerprint density at radius 2 is 1.46 bits per heavy atom. The van der Waals surface area contributed by atoms with Crippen LogP contribution in [-0.2, 0) is 10.5 Å². The molecule has 0 radical (unpaired) electrons. The van der Waals surface area contributed by atoms with E-state index in [9.17, 15) is 14.7 Å². The standard InChI is InChI=1S/C28H25N3O3S/c1-19-16-24(27(32)31-25(28(33)34)18-35-17-20-8-4-2-5-9-20)30-26(29-19)23-14-12-22(13-15-23)21-10-6-3-7-11-21/h2-16,25H,17-18H2,1H3,(H,31,32)(H,33,34). The molecule has 0 saturated carbocycles. The first-order chi connectivity index (χ1) is 17.0. The van der Waals surface area contributed by atoms with Gasteiger partial charge in [0.1, 0.15) is 11.7 Å². The minimum Gasteiger partial charge on any atom is -0.480 e. The molecule has 1 atom stereocenters. The molecule has 1 aromatic heterocycles. The van der Waals surface area contributed by atoms with E-state index in [4.69, 9.17) is 0 Å². The maximum absolute atomic E-state index is 12.9. The van der Waals surface area contributed by atoms with Gasteiger partial charge in [-0.3, -0.25) is 4.79 Å². The molecular weight excluding hydrogens is 458 g/mol. The quantitative estimate of drug-likeness (QED) is 0.338. The van der Waals surface area contributed by atoms with Gasteiger partial charge in [0, 0.05) is 22.8 Å². The second-order valence-electron chi connectivity index (χ2n) is 8.03. The van der Waals surface area contributed by atoms with Crippen LogP contribution < -0.4 is 5.32 Å². The number of nitrogens with zero attached hydrogens (tertiary/aromatic N) is 2. The molecule has 35 heavy (non-hydrogen) atoms. The largest absolute Gasteiger partial charge is 0.480 e. The Kier molecular flexibility index (Phi) is 7.90. The summed E-state index contributed by atoms with van der Waals surface area (Å²) >= 11 is 1.45. The summed E-state index contributed by atoms with van der Waals surface area (Å²) in [5, 5.41) is 12.2. The number of carbonyl (C=O) groups is 2. The minimum atomic E-state index is -1.08. The van der Waals surface area contributed by atoms with Crippen LogP contribution in [0.25, 0.3) is 22.5 Å². The minimum absolute atomic E-state index is 0.138. The first kappa shape index (κ1) is 24.2. The zero-order valence-corrected chi connectivity index (χ0v) is 20.0. The van der Waals surface area contributed by atoms with Crippen LogP contribution >= 0.6 is 11.8 Å². The molecule has 7 heteroatoms. The lowest BCUT2D eigenvalue weighted by molar-refractivity contribution is -0.138. The van der Waals surface area contributed by atoms with Crippen LogP contribution in [0.3, 0.4) is 0 Å². The summed E-state index contributed by atoms with van der Waals surface area (Å²) in [6, 6.07) is 28.2. The number of aryl methyl sites for hydroxylation is 1. The van der Waals surface area contributed by atoms with Crippen LogP contribution in [0, 0.1) is 6.92 Å². The van der Waals surface area contributed by atoms with Crippen LogP contribution in [0.5, 0.6) is 0 Å². The molecule has 3 aromatic carbocycles. The summed E-state index contributed by atoms with van der Waals surface area (Å²) in [7, 11) is 0. The number of thioether (sulfide) groups is 1. The smallest absolute Gasteiger partial charge is 0.327 e. The van der Waals surface area contributed by atoms with Gasteiger partial charge < -0.3 is 10.4 Å². The summed E-state index contributed by atoms with van der Waals surface area (Å²) in [5.74, 6) is -0.295. The van der Waals surface area contributed by atoms with Gasteiger partial charge in [0.2, 0.25) is 0 Å². The van der Waals surface area contributed by atoms with E-state index in [1.807, 2.05) is 84.9 Å². The highest BCUT2D eigenvalue weighted by atomic mass is 32.2. The number of carbonyl (C=O) groups excluding carboxylic acids is 1. The van der Waals surface area contributed by atoms with E-state index in [2.05, 4.69) is 15.3 Å². The maximum atomic E-state index is 12.9. The molecule has 176 valence electrons. The lowest BCUT2D eigenvalue weighted by Crippen LogP contribution is -2.43. The van der Waals surface area contributed by atoms with Crippen LogP contribution in [0.1, 0.15) is 21.7 Å². The van der Waals surface area contributed by atoms with Crippen molar-refractivity contribution in [2.45, 2.75) is 18.7 Å². The van der Waals surface area contributed by atoms with E-state index < -0.39 is 17.9 Å². The average molecular weight is 484 g/mol. The van der Waals surface area contributed by atoms with Gasteiger partial charge in [-0.25, -0.2) is 14.8 Å². The normalized spacial score (nSPS) is 11.6. The number of hydrogen-bond donors (Lipinski definition) is 2. The highest BCUT2D eigenvalue weighted by Gasteiger charge is 2.22. The third kappa shape index (κ3) is 6.55. The van der Waals surface area contributed by atoms with Crippen LogP contribution in [0.2, 0.25) is 0 Å². The van der Waals surface area contributed by atoms with E-state index >= 15 is 0 Å². The van der Waals surface area contributed by atoms with Crippen molar-refractivity contribution in [1.29, 1.82) is 0 Å². The summed E-state index contributed by atoms with van der Waals surface area (Å²) in [5.41, 5.74) is 4.81. The van der Waals surface area contributed by atoms with Crippen LogP contribution in [-0.4, -0.2) is 38.7 Å². The topological polar surface area (TPSA) is 92.2 Å². The number of benzene rings is 3. The number of amides is 1. The van der Waals surface area contributed by atoms with Crippen molar-refractivity contribution in [3.63, 3.8) is 0 Å². The molecular formula is C28H25N3O3S. The monoisotopic (exact) mass is 483 g/mol. The molecule has 2 N–H and O–H groups in total. The van der Waals surface area contributed by atoms with Gasteiger partial charge in [-0.1, -0.05) is 84.9 Å². The van der Waals surface area contributed by atoms with Gasteiger partial charge in [-0.2, -0.15) is 11.8 Å². The van der Waals surface area contributed by atoms with Crippen molar-refractivity contribution < 1.29 is 14.7 Å². The van der Waals surface area contributed by atoms with Crippen molar-refractivity contribution >= 4 is 23.6 Å². The Morgan fingerprint density at radius 1 is 0.857 bits per heavy atom. The van der Waals surface area contributed by atoms with E-state index in [1.54, 1.807) is 13.0 Å². The van der Waals surface area contributed by atoms with Crippen molar-refractivity contribution in [2.24, 2.45) is 0 Å². The van der Waals surface area contributed by atoms with Crippen LogP contribution in [0.15, 0.2) is 91.0 Å². The summed E-state index contributed by atoms with van der Waals surface area (Å²) in [6.07, 6.45) is 0. The fraction of sp³-hybridized carbons (Fsp3) is 0.143.